The van der Waals surface area contributed by atoms with Crippen LogP contribution in [0.4, 0.5) is 18.9 Å². The highest BCUT2D eigenvalue weighted by molar-refractivity contribution is 5.40. The van der Waals surface area contributed by atoms with Crippen LogP contribution in [0.1, 0.15) is 17.0 Å². The first-order chi connectivity index (χ1) is 14.2. The smallest absolute Gasteiger partial charge is 0.290 e. The Labute approximate surface area is 167 Å². The van der Waals surface area contributed by atoms with E-state index in [4.69, 9.17) is 0 Å². The summed E-state index contributed by atoms with van der Waals surface area (Å²) >= 11 is 0. The fourth-order valence-corrected chi connectivity index (χ4v) is 3.38. The molecule has 0 spiro atoms. The van der Waals surface area contributed by atoms with E-state index in [9.17, 15) is 28.1 Å². The zero-order valence-corrected chi connectivity index (χ0v) is 15.5. The van der Waals surface area contributed by atoms with Gasteiger partial charge in [-0.15, -0.1) is 5.10 Å². The third kappa shape index (κ3) is 3.83. The Hall–Kier alpha value is -3.47. The van der Waals surface area contributed by atoms with Gasteiger partial charge in [0.05, 0.1) is 22.7 Å². The minimum Gasteiger partial charge on any atom is -0.290 e. The number of rotatable bonds is 4. The number of halogens is 3. The van der Waals surface area contributed by atoms with Crippen LogP contribution >= 0.6 is 0 Å². The number of nitro benzene ring substituents is 1. The van der Waals surface area contributed by atoms with Gasteiger partial charge in [0.1, 0.15) is 5.82 Å². The van der Waals surface area contributed by atoms with E-state index >= 15 is 0 Å². The monoisotopic (exact) mass is 419 g/mol. The van der Waals surface area contributed by atoms with Gasteiger partial charge in [-0.25, -0.2) is 4.79 Å². The number of alkyl halides is 3. The Morgan fingerprint density at radius 2 is 1.70 bits per heavy atom. The van der Waals surface area contributed by atoms with Crippen molar-refractivity contribution in [1.29, 1.82) is 0 Å². The molecule has 1 aliphatic heterocycles. The minimum atomic E-state index is -4.37. The van der Waals surface area contributed by atoms with Crippen molar-refractivity contribution in [1.82, 2.24) is 19.2 Å². The summed E-state index contributed by atoms with van der Waals surface area (Å²) in [6.45, 7) is 1.72. The van der Waals surface area contributed by atoms with Crippen LogP contribution in [0.2, 0.25) is 0 Å². The van der Waals surface area contributed by atoms with Crippen LogP contribution in [0, 0.1) is 10.1 Å². The first kappa shape index (κ1) is 19.8. The van der Waals surface area contributed by atoms with Gasteiger partial charge >= 0.3 is 11.9 Å². The van der Waals surface area contributed by atoms with Crippen molar-refractivity contribution in [2.24, 2.45) is 0 Å². The van der Waals surface area contributed by atoms with E-state index < -0.39 is 16.7 Å². The molecule has 0 saturated heterocycles. The standard InChI is InChI=1S/C19H16F3N5O3/c20-19(21,22)14-3-1-13(2-4-14)11-24-9-10-25-17(12-24)23-26(18(25)28)15-5-7-16(8-6-15)27(29)30/h1-8H,9-12H2. The molecule has 30 heavy (non-hydrogen) atoms. The molecule has 0 unspecified atom stereocenters. The van der Waals surface area contributed by atoms with Crippen molar-refractivity contribution < 1.29 is 18.1 Å². The van der Waals surface area contributed by atoms with Crippen molar-refractivity contribution in [2.45, 2.75) is 25.8 Å². The number of non-ortho nitro benzene ring substituents is 1. The number of nitro groups is 1. The summed E-state index contributed by atoms with van der Waals surface area (Å²) < 4.78 is 40.8. The van der Waals surface area contributed by atoms with E-state index in [1.807, 2.05) is 4.90 Å². The van der Waals surface area contributed by atoms with Crippen molar-refractivity contribution in [3.8, 4) is 5.69 Å². The van der Waals surface area contributed by atoms with E-state index in [0.29, 0.717) is 37.7 Å². The van der Waals surface area contributed by atoms with Crippen molar-refractivity contribution in [2.75, 3.05) is 6.54 Å². The first-order valence-electron chi connectivity index (χ1n) is 9.04. The van der Waals surface area contributed by atoms with E-state index in [1.54, 1.807) is 0 Å². The Morgan fingerprint density at radius 1 is 1.03 bits per heavy atom. The van der Waals surface area contributed by atoms with Gasteiger partial charge in [-0.1, -0.05) is 12.1 Å². The van der Waals surface area contributed by atoms with Crippen molar-refractivity contribution in [3.63, 3.8) is 0 Å². The molecule has 156 valence electrons. The summed E-state index contributed by atoms with van der Waals surface area (Å²) in [7, 11) is 0. The summed E-state index contributed by atoms with van der Waals surface area (Å²) in [6.07, 6.45) is -4.37. The lowest BCUT2D eigenvalue weighted by molar-refractivity contribution is -0.384. The van der Waals surface area contributed by atoms with Gasteiger partial charge in [0.25, 0.3) is 5.69 Å². The Balaban J connectivity index is 1.51. The number of hydrogen-bond acceptors (Lipinski definition) is 5. The van der Waals surface area contributed by atoms with Crippen LogP contribution < -0.4 is 5.69 Å². The molecule has 0 saturated carbocycles. The molecular weight excluding hydrogens is 403 g/mol. The highest BCUT2D eigenvalue weighted by Gasteiger charge is 2.30. The molecule has 3 aromatic rings. The largest absolute Gasteiger partial charge is 0.416 e. The second kappa shape index (κ2) is 7.41. The molecular formula is C19H16F3N5O3. The summed E-state index contributed by atoms with van der Waals surface area (Å²) in [6, 6.07) is 10.5. The minimum absolute atomic E-state index is 0.0847. The predicted molar refractivity (Wildman–Crippen MR) is 100 cm³/mol. The number of fused-ring (bicyclic) bond motifs is 1. The Kier molecular flexibility index (Phi) is 4.90. The number of nitrogens with zero attached hydrogens (tertiary/aromatic N) is 5. The van der Waals surface area contributed by atoms with Crippen LogP contribution in [0.25, 0.3) is 5.69 Å². The molecule has 0 radical (unpaired) electrons. The average molecular weight is 419 g/mol. The van der Waals surface area contributed by atoms with Gasteiger partial charge in [0.15, 0.2) is 0 Å². The third-order valence-electron chi connectivity index (χ3n) is 4.94. The maximum absolute atomic E-state index is 12.7. The third-order valence-corrected chi connectivity index (χ3v) is 4.94. The first-order valence-corrected chi connectivity index (χ1v) is 9.04. The predicted octanol–water partition coefficient (Wildman–Crippen LogP) is 2.98. The molecule has 1 aromatic heterocycles. The van der Waals surface area contributed by atoms with Gasteiger partial charge < -0.3 is 0 Å². The molecule has 0 aliphatic carbocycles. The number of benzene rings is 2. The van der Waals surface area contributed by atoms with Gasteiger partial charge in [-0.2, -0.15) is 17.9 Å². The average Bonchev–Trinajstić information content (AvgIpc) is 3.04. The number of aromatic nitrogens is 3. The zero-order chi connectivity index (χ0) is 21.5. The molecule has 0 bridgehead atoms. The molecule has 11 heteroatoms. The summed E-state index contributed by atoms with van der Waals surface area (Å²) in [4.78, 5) is 24.9. The molecule has 0 N–H and O–H groups in total. The van der Waals surface area contributed by atoms with Crippen LogP contribution in [0.5, 0.6) is 0 Å². The van der Waals surface area contributed by atoms with Crippen molar-refractivity contribution >= 4 is 5.69 Å². The maximum atomic E-state index is 12.7. The Morgan fingerprint density at radius 3 is 2.30 bits per heavy atom. The lowest BCUT2D eigenvalue weighted by Crippen LogP contribution is -2.37. The normalized spacial score (nSPS) is 14.5. The quantitative estimate of drug-likeness (QED) is 0.479. The molecule has 1 aliphatic rings. The van der Waals surface area contributed by atoms with Crippen LogP contribution in [-0.4, -0.2) is 30.7 Å². The summed E-state index contributed by atoms with van der Waals surface area (Å²) in [5, 5.41) is 15.1. The second-order valence-corrected chi connectivity index (χ2v) is 6.94. The fraction of sp³-hybridized carbons (Fsp3) is 0.263. The lowest BCUT2D eigenvalue weighted by Gasteiger charge is -2.26. The highest BCUT2D eigenvalue weighted by Crippen LogP contribution is 2.29. The van der Waals surface area contributed by atoms with Gasteiger partial charge in [-0.05, 0) is 29.8 Å². The molecule has 0 atom stereocenters. The van der Waals surface area contributed by atoms with Crippen LogP contribution in [0.3, 0.4) is 0 Å². The second-order valence-electron chi connectivity index (χ2n) is 6.94. The SMILES string of the molecule is O=c1n(-c2ccc([N+](=O)[O-])cc2)nc2n1CCN(Cc1ccc(C(F)(F)F)cc1)C2. The Bertz CT molecular complexity index is 1130. The molecule has 2 aromatic carbocycles. The van der Waals surface area contributed by atoms with Crippen molar-refractivity contribution in [3.05, 3.63) is 86.1 Å². The van der Waals surface area contributed by atoms with E-state index in [1.165, 1.54) is 45.6 Å². The van der Waals surface area contributed by atoms with Crippen LogP contribution in [-0.2, 0) is 25.8 Å². The van der Waals surface area contributed by atoms with Crippen LogP contribution in [0.15, 0.2) is 53.3 Å². The van der Waals surface area contributed by atoms with E-state index in [2.05, 4.69) is 5.10 Å². The maximum Gasteiger partial charge on any atom is 0.416 e. The fourth-order valence-electron chi connectivity index (χ4n) is 3.38. The number of hydrogen-bond donors (Lipinski definition) is 0. The molecule has 4 rings (SSSR count). The van der Waals surface area contributed by atoms with E-state index in [0.717, 1.165) is 17.7 Å². The molecule has 8 nitrogen and oxygen atoms in total. The topological polar surface area (TPSA) is 86.2 Å². The molecule has 0 amide bonds. The molecule has 0 fully saturated rings. The van der Waals surface area contributed by atoms with Gasteiger partial charge in [0, 0.05) is 31.8 Å². The summed E-state index contributed by atoms with van der Waals surface area (Å²) in [5.41, 5.74) is 0.0301. The highest BCUT2D eigenvalue weighted by atomic mass is 19.4. The van der Waals surface area contributed by atoms with E-state index in [-0.39, 0.29) is 11.4 Å². The lowest BCUT2D eigenvalue weighted by atomic mass is 10.1. The van der Waals surface area contributed by atoms with Gasteiger partial charge in [-0.3, -0.25) is 19.6 Å². The molecule has 2 heterocycles. The van der Waals surface area contributed by atoms with Gasteiger partial charge in [0.2, 0.25) is 0 Å². The zero-order valence-electron chi connectivity index (χ0n) is 15.5. The summed E-state index contributed by atoms with van der Waals surface area (Å²) in [5.74, 6) is 0.525.